The van der Waals surface area contributed by atoms with Gasteiger partial charge in [-0.05, 0) is 19.4 Å². The Hall–Kier alpha value is -1.60. The van der Waals surface area contributed by atoms with Crippen LogP contribution in [0.25, 0.3) is 0 Å². The molecule has 2 rings (SSSR count). The molecule has 2 aromatic rings. The minimum Gasteiger partial charge on any atom is -0.360 e. The Morgan fingerprint density at radius 2 is 2.10 bits per heavy atom. The van der Waals surface area contributed by atoms with Crippen LogP contribution in [0.2, 0.25) is 0 Å². The van der Waals surface area contributed by atoms with Gasteiger partial charge >= 0.3 is 0 Å². The molecule has 0 bridgehead atoms. The lowest BCUT2D eigenvalue weighted by Crippen LogP contribution is -2.30. The van der Waals surface area contributed by atoms with Crippen LogP contribution in [-0.2, 0) is 11.3 Å². The number of anilines is 1. The van der Waals surface area contributed by atoms with Crippen LogP contribution in [0.3, 0.4) is 0 Å². The lowest BCUT2D eigenvalue weighted by atomic mass is 10.2. The zero-order chi connectivity index (χ0) is 15.1. The van der Waals surface area contributed by atoms with Gasteiger partial charge in [-0.2, -0.15) is 0 Å². The molecule has 0 saturated carbocycles. The molecular weight excluding hydrogens is 304 g/mol. The van der Waals surface area contributed by atoms with Gasteiger partial charge in [-0.25, -0.2) is 0 Å². The van der Waals surface area contributed by atoms with Gasteiger partial charge in [0.05, 0.1) is 5.25 Å². The molecule has 1 aromatic carbocycles. The fourth-order valence-electron chi connectivity index (χ4n) is 1.61. The first-order valence-corrected chi connectivity index (χ1v) is 8.44. The van der Waals surface area contributed by atoms with Crippen molar-refractivity contribution in [2.24, 2.45) is 0 Å². The highest BCUT2D eigenvalue weighted by Gasteiger charge is 2.16. The van der Waals surface area contributed by atoms with E-state index in [4.69, 9.17) is 0 Å². The fraction of sp³-hybridized carbons (Fsp3) is 0.357. The van der Waals surface area contributed by atoms with E-state index < -0.39 is 0 Å². The minimum absolute atomic E-state index is 0.00375. The molecule has 0 aliphatic heterocycles. The SMILES string of the molecule is CCNc1nnc(S[C@H](C)C(=O)NCc2ccccc2)s1. The second-order valence-electron chi connectivity index (χ2n) is 4.37. The Labute approximate surface area is 132 Å². The third-order valence-corrected chi connectivity index (χ3v) is 4.76. The van der Waals surface area contributed by atoms with E-state index in [0.29, 0.717) is 6.54 Å². The molecule has 1 aromatic heterocycles. The Bertz CT molecular complexity index is 573. The average molecular weight is 322 g/mol. The maximum atomic E-state index is 12.1. The predicted octanol–water partition coefficient (Wildman–Crippen LogP) is 2.77. The fourth-order valence-corrected chi connectivity index (χ4v) is 3.60. The Morgan fingerprint density at radius 1 is 1.33 bits per heavy atom. The van der Waals surface area contributed by atoms with Crippen molar-refractivity contribution in [3.8, 4) is 0 Å². The molecule has 5 nitrogen and oxygen atoms in total. The molecule has 0 radical (unpaired) electrons. The van der Waals surface area contributed by atoms with E-state index in [1.165, 1.54) is 23.1 Å². The standard InChI is InChI=1S/C14H18N4OS2/c1-3-15-13-17-18-14(21-13)20-10(2)12(19)16-9-11-7-5-4-6-8-11/h4-8,10H,3,9H2,1-2H3,(H,15,17)(H,16,19)/t10-/m1/s1. The van der Waals surface area contributed by atoms with Gasteiger partial charge in [0.15, 0.2) is 4.34 Å². The van der Waals surface area contributed by atoms with Crippen LogP contribution in [0.5, 0.6) is 0 Å². The van der Waals surface area contributed by atoms with Crippen LogP contribution in [0.1, 0.15) is 19.4 Å². The Morgan fingerprint density at radius 3 is 2.81 bits per heavy atom. The van der Waals surface area contributed by atoms with Crippen molar-refractivity contribution < 1.29 is 4.79 Å². The van der Waals surface area contributed by atoms with Gasteiger partial charge in [0.25, 0.3) is 0 Å². The van der Waals surface area contributed by atoms with E-state index >= 15 is 0 Å². The maximum absolute atomic E-state index is 12.1. The van der Waals surface area contributed by atoms with Crippen LogP contribution in [0, 0.1) is 0 Å². The molecular formula is C14H18N4OS2. The number of thioether (sulfide) groups is 1. The number of aromatic nitrogens is 2. The van der Waals surface area contributed by atoms with Crippen molar-refractivity contribution >= 4 is 34.1 Å². The van der Waals surface area contributed by atoms with Crippen molar-refractivity contribution in [3.05, 3.63) is 35.9 Å². The van der Waals surface area contributed by atoms with E-state index in [1.54, 1.807) is 0 Å². The molecule has 21 heavy (non-hydrogen) atoms. The lowest BCUT2D eigenvalue weighted by Gasteiger charge is -2.10. The topological polar surface area (TPSA) is 66.9 Å². The molecule has 0 spiro atoms. The van der Waals surface area contributed by atoms with E-state index in [9.17, 15) is 4.79 Å². The molecule has 2 N–H and O–H groups in total. The minimum atomic E-state index is -0.198. The van der Waals surface area contributed by atoms with Crippen LogP contribution in [-0.4, -0.2) is 27.9 Å². The number of carbonyl (C=O) groups excluding carboxylic acids is 1. The molecule has 0 saturated heterocycles. The molecule has 1 atom stereocenters. The summed E-state index contributed by atoms with van der Waals surface area (Å²) in [6, 6.07) is 9.87. The quantitative estimate of drug-likeness (QED) is 0.767. The monoisotopic (exact) mass is 322 g/mol. The highest BCUT2D eigenvalue weighted by atomic mass is 32.2. The molecule has 7 heteroatoms. The average Bonchev–Trinajstić information content (AvgIpc) is 2.93. The molecule has 0 aliphatic carbocycles. The van der Waals surface area contributed by atoms with Gasteiger partial charge in [0, 0.05) is 13.1 Å². The van der Waals surface area contributed by atoms with Crippen LogP contribution >= 0.6 is 23.1 Å². The molecule has 0 fully saturated rings. The third kappa shape index (κ3) is 5.02. The zero-order valence-corrected chi connectivity index (χ0v) is 13.6. The number of hydrogen-bond donors (Lipinski definition) is 2. The number of nitrogens with zero attached hydrogens (tertiary/aromatic N) is 2. The van der Waals surface area contributed by atoms with E-state index in [2.05, 4.69) is 20.8 Å². The Kier molecular flexibility index (Phi) is 6.01. The first kappa shape index (κ1) is 15.8. The summed E-state index contributed by atoms with van der Waals surface area (Å²) in [4.78, 5) is 12.1. The molecule has 112 valence electrons. The molecule has 0 aliphatic rings. The number of amides is 1. The molecule has 1 amide bonds. The summed E-state index contributed by atoms with van der Waals surface area (Å²) in [5.41, 5.74) is 1.09. The van der Waals surface area contributed by atoms with Crippen molar-refractivity contribution in [1.29, 1.82) is 0 Å². The summed E-state index contributed by atoms with van der Waals surface area (Å²) in [5, 5.41) is 14.7. The van der Waals surface area contributed by atoms with Gasteiger partial charge in [-0.3, -0.25) is 4.79 Å². The largest absolute Gasteiger partial charge is 0.360 e. The van der Waals surface area contributed by atoms with Crippen LogP contribution < -0.4 is 10.6 Å². The Balaban J connectivity index is 1.81. The summed E-state index contributed by atoms with van der Waals surface area (Å²) < 4.78 is 0.799. The summed E-state index contributed by atoms with van der Waals surface area (Å²) in [5.74, 6) is 0.00375. The number of benzene rings is 1. The lowest BCUT2D eigenvalue weighted by molar-refractivity contribution is -0.120. The summed E-state index contributed by atoms with van der Waals surface area (Å²) in [6.07, 6.45) is 0. The number of nitrogens with one attached hydrogen (secondary N) is 2. The molecule has 1 heterocycles. The first-order valence-electron chi connectivity index (χ1n) is 6.74. The van der Waals surface area contributed by atoms with E-state index in [0.717, 1.165) is 21.6 Å². The van der Waals surface area contributed by atoms with Crippen molar-refractivity contribution in [2.75, 3.05) is 11.9 Å². The molecule has 0 unspecified atom stereocenters. The van der Waals surface area contributed by atoms with Gasteiger partial charge in [0.1, 0.15) is 0 Å². The number of hydrogen-bond acceptors (Lipinski definition) is 6. The van der Waals surface area contributed by atoms with Gasteiger partial charge in [0.2, 0.25) is 11.0 Å². The van der Waals surface area contributed by atoms with Crippen LogP contribution in [0.4, 0.5) is 5.13 Å². The third-order valence-electron chi connectivity index (χ3n) is 2.69. The van der Waals surface area contributed by atoms with Gasteiger partial charge < -0.3 is 10.6 Å². The van der Waals surface area contributed by atoms with Gasteiger partial charge in [-0.1, -0.05) is 53.4 Å². The van der Waals surface area contributed by atoms with E-state index in [1.807, 2.05) is 44.2 Å². The summed E-state index contributed by atoms with van der Waals surface area (Å²) in [7, 11) is 0. The number of rotatable bonds is 7. The van der Waals surface area contributed by atoms with E-state index in [-0.39, 0.29) is 11.2 Å². The highest BCUT2D eigenvalue weighted by molar-refractivity contribution is 8.02. The normalized spacial score (nSPS) is 11.9. The van der Waals surface area contributed by atoms with Gasteiger partial charge in [-0.15, -0.1) is 10.2 Å². The summed E-state index contributed by atoms with van der Waals surface area (Å²) >= 11 is 2.89. The van der Waals surface area contributed by atoms with Crippen molar-refractivity contribution in [3.63, 3.8) is 0 Å². The van der Waals surface area contributed by atoms with Crippen molar-refractivity contribution in [2.45, 2.75) is 30.0 Å². The zero-order valence-electron chi connectivity index (χ0n) is 12.0. The van der Waals surface area contributed by atoms with Crippen LogP contribution in [0.15, 0.2) is 34.7 Å². The predicted molar refractivity (Wildman–Crippen MR) is 87.7 cm³/mol. The smallest absolute Gasteiger partial charge is 0.233 e. The maximum Gasteiger partial charge on any atom is 0.233 e. The summed E-state index contributed by atoms with van der Waals surface area (Å²) in [6.45, 7) is 5.24. The second kappa shape index (κ2) is 7.99. The second-order valence-corrected chi connectivity index (χ2v) is 6.93. The first-order chi connectivity index (χ1) is 10.2. The number of carbonyl (C=O) groups is 1. The van der Waals surface area contributed by atoms with Crippen molar-refractivity contribution in [1.82, 2.24) is 15.5 Å². The highest BCUT2D eigenvalue weighted by Crippen LogP contribution is 2.28.